The summed E-state index contributed by atoms with van der Waals surface area (Å²) in [7, 11) is 0. The highest BCUT2D eigenvalue weighted by molar-refractivity contribution is 5.97. The Morgan fingerprint density at radius 2 is 2.21 bits per heavy atom. The molecule has 1 aliphatic heterocycles. The van der Waals surface area contributed by atoms with Gasteiger partial charge in [-0.15, -0.1) is 0 Å². The Hall–Kier alpha value is -3.33. The van der Waals surface area contributed by atoms with Crippen molar-refractivity contribution in [1.29, 1.82) is 5.26 Å². The second-order valence-electron chi connectivity index (χ2n) is 5.04. The van der Waals surface area contributed by atoms with Gasteiger partial charge in [-0.1, -0.05) is 6.07 Å². The van der Waals surface area contributed by atoms with Gasteiger partial charge in [-0.3, -0.25) is 0 Å². The second kappa shape index (κ2) is 6.42. The highest BCUT2D eigenvalue weighted by Gasteiger charge is 2.21. The highest BCUT2D eigenvalue weighted by atomic mass is 16.5. The summed E-state index contributed by atoms with van der Waals surface area (Å²) in [5.74, 6) is -0.0918. The molecule has 0 bridgehead atoms. The average molecular weight is 323 g/mol. The fourth-order valence-electron chi connectivity index (χ4n) is 2.36. The van der Waals surface area contributed by atoms with E-state index in [4.69, 9.17) is 19.2 Å². The predicted molar refractivity (Wildman–Crippen MR) is 83.5 cm³/mol. The lowest BCUT2D eigenvalue weighted by atomic mass is 10.0. The minimum atomic E-state index is -0.689. The van der Waals surface area contributed by atoms with Crippen LogP contribution >= 0.6 is 0 Å². The van der Waals surface area contributed by atoms with Crippen molar-refractivity contribution >= 4 is 18.0 Å². The normalized spacial score (nSPS) is 13.2. The van der Waals surface area contributed by atoms with Gasteiger partial charge in [0.2, 0.25) is 0 Å². The van der Waals surface area contributed by atoms with Crippen molar-refractivity contribution < 1.29 is 23.5 Å². The van der Waals surface area contributed by atoms with Crippen molar-refractivity contribution in [2.45, 2.75) is 13.5 Å². The summed E-state index contributed by atoms with van der Waals surface area (Å²) in [4.78, 5) is 23.1. The van der Waals surface area contributed by atoms with Crippen LogP contribution in [-0.4, -0.2) is 18.5 Å². The third-order valence-corrected chi connectivity index (χ3v) is 3.50. The number of cyclic esters (lactones) is 1. The summed E-state index contributed by atoms with van der Waals surface area (Å²) in [6.45, 7) is 2.11. The van der Waals surface area contributed by atoms with Gasteiger partial charge in [0, 0.05) is 17.2 Å². The first-order chi connectivity index (χ1) is 11.6. The lowest BCUT2D eigenvalue weighted by Crippen LogP contribution is -2.05. The largest absolute Gasteiger partial charge is 0.462 e. The summed E-state index contributed by atoms with van der Waals surface area (Å²) in [6, 6.07) is 10.4. The lowest BCUT2D eigenvalue weighted by molar-refractivity contribution is -0.137. The molecule has 3 rings (SSSR count). The molecule has 24 heavy (non-hydrogen) atoms. The van der Waals surface area contributed by atoms with Crippen LogP contribution < -0.4 is 0 Å². The number of carbonyl (C=O) groups is 2. The fourth-order valence-corrected chi connectivity index (χ4v) is 2.36. The molecule has 1 aromatic heterocycles. The Balaban J connectivity index is 1.87. The lowest BCUT2D eigenvalue weighted by Gasteiger charge is -2.00. The maximum Gasteiger partial charge on any atom is 0.349 e. The molecule has 2 heterocycles. The maximum atomic E-state index is 11.6. The topological polar surface area (TPSA) is 89.5 Å². The number of fused-ring (bicyclic) bond motifs is 1. The molecule has 1 aromatic carbocycles. The molecular formula is C18H13NO5. The third kappa shape index (κ3) is 2.92. The molecule has 6 nitrogen and oxygen atoms in total. The van der Waals surface area contributed by atoms with Crippen molar-refractivity contribution in [1.82, 2.24) is 0 Å². The molecule has 0 spiro atoms. The smallest absolute Gasteiger partial charge is 0.349 e. The number of rotatable bonds is 4. The number of ether oxygens (including phenoxy) is 2. The van der Waals surface area contributed by atoms with Crippen LogP contribution in [0, 0.1) is 11.3 Å². The molecule has 0 unspecified atom stereocenters. The van der Waals surface area contributed by atoms with Crippen molar-refractivity contribution in [2.24, 2.45) is 0 Å². The third-order valence-electron chi connectivity index (χ3n) is 3.50. The summed E-state index contributed by atoms with van der Waals surface area (Å²) in [5, 5.41) is 9.03. The number of nitrogens with zero attached hydrogens (tertiary/aromatic N) is 1. The zero-order chi connectivity index (χ0) is 17.1. The highest BCUT2D eigenvalue weighted by Crippen LogP contribution is 2.28. The molecular weight excluding hydrogens is 310 g/mol. The van der Waals surface area contributed by atoms with Gasteiger partial charge in [0.15, 0.2) is 0 Å². The Morgan fingerprint density at radius 1 is 1.38 bits per heavy atom. The Bertz CT molecular complexity index is 885. The van der Waals surface area contributed by atoms with Gasteiger partial charge in [-0.05, 0) is 31.2 Å². The summed E-state index contributed by atoms with van der Waals surface area (Å²) in [6.07, 6.45) is 1.33. The van der Waals surface area contributed by atoms with E-state index in [0.717, 1.165) is 11.1 Å². The Morgan fingerprint density at radius 3 is 2.96 bits per heavy atom. The van der Waals surface area contributed by atoms with Gasteiger partial charge in [0.05, 0.1) is 12.2 Å². The van der Waals surface area contributed by atoms with Crippen molar-refractivity contribution in [3.05, 3.63) is 52.8 Å². The van der Waals surface area contributed by atoms with Gasteiger partial charge in [0.25, 0.3) is 0 Å². The van der Waals surface area contributed by atoms with E-state index in [1.54, 1.807) is 37.3 Å². The molecule has 0 N–H and O–H groups in total. The van der Waals surface area contributed by atoms with E-state index in [9.17, 15) is 9.59 Å². The number of benzene rings is 1. The van der Waals surface area contributed by atoms with Crippen molar-refractivity contribution in [3.63, 3.8) is 0 Å². The molecule has 0 fully saturated rings. The number of furan rings is 1. The van der Waals surface area contributed by atoms with Gasteiger partial charge in [-0.2, -0.15) is 5.26 Å². The van der Waals surface area contributed by atoms with Gasteiger partial charge in [0.1, 0.15) is 29.8 Å². The SMILES string of the molecule is CCOC(=O)/C(C#N)=C/c1ccc(-c2ccc3c(c2)COC3=O)o1. The Kier molecular flexibility index (Phi) is 4.17. The standard InChI is InChI=1S/C18H13NO5/c1-2-22-17(20)12(9-19)8-14-4-6-16(24-14)11-3-5-15-13(7-11)10-23-18(15)21/h3-8H,2,10H2,1H3/b12-8+. The number of nitriles is 1. The first-order valence-corrected chi connectivity index (χ1v) is 7.31. The molecule has 0 saturated heterocycles. The molecule has 0 saturated carbocycles. The van der Waals surface area contributed by atoms with Gasteiger partial charge >= 0.3 is 11.9 Å². The van der Waals surface area contributed by atoms with E-state index in [2.05, 4.69) is 0 Å². The van der Waals surface area contributed by atoms with Gasteiger partial charge in [-0.25, -0.2) is 9.59 Å². The number of hydrogen-bond donors (Lipinski definition) is 0. The number of carbonyl (C=O) groups excluding carboxylic acids is 2. The molecule has 0 amide bonds. The van der Waals surface area contributed by atoms with E-state index in [-0.39, 0.29) is 24.8 Å². The van der Waals surface area contributed by atoms with E-state index in [1.807, 2.05) is 6.07 Å². The van der Waals surface area contributed by atoms with Crippen LogP contribution in [0.15, 0.2) is 40.3 Å². The van der Waals surface area contributed by atoms with Crippen LogP contribution in [0.2, 0.25) is 0 Å². The zero-order valence-electron chi connectivity index (χ0n) is 12.9. The van der Waals surface area contributed by atoms with Crippen LogP contribution in [0.25, 0.3) is 17.4 Å². The van der Waals surface area contributed by atoms with Gasteiger partial charge < -0.3 is 13.9 Å². The van der Waals surface area contributed by atoms with E-state index < -0.39 is 5.97 Å². The van der Waals surface area contributed by atoms with E-state index >= 15 is 0 Å². The number of hydrogen-bond acceptors (Lipinski definition) is 6. The Labute approximate surface area is 137 Å². The first-order valence-electron chi connectivity index (χ1n) is 7.31. The van der Waals surface area contributed by atoms with Crippen molar-refractivity contribution in [2.75, 3.05) is 6.61 Å². The van der Waals surface area contributed by atoms with E-state index in [0.29, 0.717) is 17.1 Å². The van der Waals surface area contributed by atoms with Crippen molar-refractivity contribution in [3.8, 4) is 17.4 Å². The molecule has 1 aliphatic rings. The summed E-state index contributed by atoms with van der Waals surface area (Å²) < 4.78 is 15.4. The summed E-state index contributed by atoms with van der Waals surface area (Å²) >= 11 is 0. The molecule has 2 aromatic rings. The number of esters is 2. The van der Waals surface area contributed by atoms with Crippen LogP contribution in [0.3, 0.4) is 0 Å². The zero-order valence-corrected chi connectivity index (χ0v) is 12.9. The molecule has 120 valence electrons. The van der Waals surface area contributed by atoms with Crippen LogP contribution in [-0.2, 0) is 20.9 Å². The molecule has 6 heteroatoms. The molecule has 0 atom stereocenters. The monoisotopic (exact) mass is 323 g/mol. The second-order valence-corrected chi connectivity index (χ2v) is 5.04. The first kappa shape index (κ1) is 15.6. The van der Waals surface area contributed by atoms with E-state index in [1.165, 1.54) is 6.08 Å². The molecule has 0 aliphatic carbocycles. The van der Waals surface area contributed by atoms with Crippen LogP contribution in [0.1, 0.15) is 28.6 Å². The molecule has 0 radical (unpaired) electrons. The van der Waals surface area contributed by atoms with Crippen LogP contribution in [0.4, 0.5) is 0 Å². The minimum Gasteiger partial charge on any atom is -0.462 e. The fraction of sp³-hybridized carbons (Fsp3) is 0.167. The quantitative estimate of drug-likeness (QED) is 0.488. The average Bonchev–Trinajstić information content (AvgIpc) is 3.19. The minimum absolute atomic E-state index is 0.134. The summed E-state index contributed by atoms with van der Waals surface area (Å²) in [5.41, 5.74) is 2.00. The predicted octanol–water partition coefficient (Wildman–Crippen LogP) is 3.09. The maximum absolute atomic E-state index is 11.6. The van der Waals surface area contributed by atoms with Crippen LogP contribution in [0.5, 0.6) is 0 Å².